The normalized spacial score (nSPS) is 10.4. The lowest BCUT2D eigenvalue weighted by molar-refractivity contribution is 0.0919. The molecule has 0 bridgehead atoms. The molecule has 0 unspecified atom stereocenters. The molecule has 3 rings (SSSR count). The van der Waals surface area contributed by atoms with Gasteiger partial charge in [-0.15, -0.1) is 0 Å². The molecule has 0 spiro atoms. The molecule has 10 heteroatoms. The fourth-order valence-electron chi connectivity index (χ4n) is 2.99. The summed E-state index contributed by atoms with van der Waals surface area (Å²) < 4.78 is 25.7. The van der Waals surface area contributed by atoms with Gasteiger partial charge in [-0.05, 0) is 54.2 Å². The van der Waals surface area contributed by atoms with Crippen molar-refractivity contribution in [1.29, 1.82) is 0 Å². The van der Waals surface area contributed by atoms with E-state index < -0.39 is 22.5 Å². The lowest BCUT2D eigenvalue weighted by Crippen LogP contribution is -2.14. The Morgan fingerprint density at radius 2 is 0.925 bits per heavy atom. The summed E-state index contributed by atoms with van der Waals surface area (Å²) in [5.74, 6) is -0.233. The Hall–Kier alpha value is -3.63. The minimum Gasteiger partial charge on any atom is -0.292 e. The second kappa shape index (κ2) is 17.9. The summed E-state index contributed by atoms with van der Waals surface area (Å²) >= 11 is 0. The number of rotatable bonds is 11. The van der Waals surface area contributed by atoms with Crippen LogP contribution in [0.25, 0.3) is 0 Å². The molecule has 0 aliphatic rings. The number of nitrogens with zero attached hydrogens (tertiary/aromatic N) is 3. The molecule has 3 aromatic heterocycles. The maximum Gasteiger partial charge on any atom is 0.264 e. The minimum atomic E-state index is -3.59. The summed E-state index contributed by atoms with van der Waals surface area (Å²) in [6.07, 6.45) is 9.84. The number of carbonyl (C=O) groups excluding carboxylic acids is 3. The standard InChI is InChI=1S/C10H13NO4S.2C10H13NO/c1-3-8-4-5-9(11-6-8)10(12)7-15-16(2,13)14;2*1-3-8-5-6-9(11-7-8)10(12)4-2/h4-6H,3,7H2,1-2H3;2*5-7H,3-4H2,1-2H3. The summed E-state index contributed by atoms with van der Waals surface area (Å²) in [5.41, 5.74) is 4.72. The number of Topliss-reactive ketones (excluding diaryl/α,β-unsaturated/α-hetero) is 3. The van der Waals surface area contributed by atoms with Crippen LogP contribution in [0.3, 0.4) is 0 Å². The lowest BCUT2D eigenvalue weighted by Gasteiger charge is -2.01. The van der Waals surface area contributed by atoms with Crippen molar-refractivity contribution in [2.24, 2.45) is 0 Å². The Balaban J connectivity index is 0.000000305. The van der Waals surface area contributed by atoms with Gasteiger partial charge in [-0.1, -0.05) is 52.8 Å². The number of aromatic nitrogens is 3. The first-order valence-corrected chi connectivity index (χ1v) is 15.1. The zero-order valence-electron chi connectivity index (χ0n) is 24.1. The van der Waals surface area contributed by atoms with Crippen LogP contribution in [-0.2, 0) is 33.6 Å². The first-order chi connectivity index (χ1) is 19.0. The molecule has 0 saturated heterocycles. The predicted octanol–water partition coefficient (Wildman–Crippen LogP) is 5.28. The minimum absolute atomic E-state index is 0.109. The lowest BCUT2D eigenvalue weighted by atomic mass is 10.1. The third kappa shape index (κ3) is 12.9. The first kappa shape index (κ1) is 34.4. The molecule has 3 heterocycles. The fourth-order valence-corrected chi connectivity index (χ4v) is 3.31. The van der Waals surface area contributed by atoms with E-state index in [1.165, 1.54) is 11.1 Å². The fraction of sp³-hybridized carbons (Fsp3) is 0.400. The van der Waals surface area contributed by atoms with Crippen molar-refractivity contribution in [1.82, 2.24) is 15.0 Å². The van der Waals surface area contributed by atoms with Crippen molar-refractivity contribution in [3.05, 3.63) is 88.8 Å². The maximum absolute atomic E-state index is 11.4. The number of hydrogen-bond donors (Lipinski definition) is 0. The van der Waals surface area contributed by atoms with E-state index in [-0.39, 0.29) is 17.3 Å². The molecule has 0 saturated carbocycles. The highest BCUT2D eigenvalue weighted by Gasteiger charge is 2.11. The highest BCUT2D eigenvalue weighted by Crippen LogP contribution is 2.05. The van der Waals surface area contributed by atoms with Crippen LogP contribution in [0.5, 0.6) is 0 Å². The number of hydrogen-bond acceptors (Lipinski definition) is 9. The number of carbonyl (C=O) groups is 3. The van der Waals surface area contributed by atoms with E-state index in [0.29, 0.717) is 24.2 Å². The summed E-state index contributed by atoms with van der Waals surface area (Å²) in [5, 5.41) is 0. The van der Waals surface area contributed by atoms with Gasteiger partial charge >= 0.3 is 0 Å². The quantitative estimate of drug-likeness (QED) is 0.223. The molecule has 0 aliphatic heterocycles. The van der Waals surface area contributed by atoms with E-state index in [1.807, 2.05) is 32.9 Å². The Morgan fingerprint density at radius 3 is 1.15 bits per heavy atom. The van der Waals surface area contributed by atoms with Gasteiger partial charge in [0.05, 0.1) is 6.26 Å². The first-order valence-electron chi connectivity index (χ1n) is 13.3. The predicted molar refractivity (Wildman–Crippen MR) is 155 cm³/mol. The van der Waals surface area contributed by atoms with Gasteiger partial charge in [0.2, 0.25) is 5.78 Å². The van der Waals surface area contributed by atoms with Crippen LogP contribution in [0.2, 0.25) is 0 Å². The summed E-state index contributed by atoms with van der Waals surface area (Å²) in [7, 11) is -3.59. The molecule has 0 fully saturated rings. The van der Waals surface area contributed by atoms with Gasteiger partial charge in [0, 0.05) is 31.4 Å². The van der Waals surface area contributed by atoms with E-state index in [1.54, 1.807) is 42.9 Å². The SMILES string of the molecule is CCC(=O)c1ccc(CC)cn1.CCC(=O)c1ccc(CC)cn1.CCc1ccc(C(=O)COS(C)(=O)=O)nc1. The molecular weight excluding hydrogens is 530 g/mol. The molecule has 40 heavy (non-hydrogen) atoms. The second-order valence-corrected chi connectivity index (χ2v) is 10.3. The smallest absolute Gasteiger partial charge is 0.264 e. The summed E-state index contributed by atoms with van der Waals surface area (Å²) in [6, 6.07) is 10.8. The van der Waals surface area contributed by atoms with Crippen molar-refractivity contribution in [2.45, 2.75) is 66.7 Å². The van der Waals surface area contributed by atoms with Gasteiger partial charge in [-0.2, -0.15) is 8.42 Å². The topological polar surface area (TPSA) is 133 Å². The Bertz CT molecular complexity index is 1260. The number of ketones is 3. The number of pyridine rings is 3. The Morgan fingerprint density at radius 1 is 0.600 bits per heavy atom. The molecule has 0 amide bonds. The monoisotopic (exact) mass is 569 g/mol. The van der Waals surface area contributed by atoms with E-state index in [9.17, 15) is 22.8 Å². The van der Waals surface area contributed by atoms with Crippen LogP contribution in [-0.4, -0.2) is 53.6 Å². The largest absolute Gasteiger partial charge is 0.292 e. The van der Waals surface area contributed by atoms with Crippen LogP contribution in [0, 0.1) is 0 Å². The Labute approximate surface area is 237 Å². The van der Waals surface area contributed by atoms with Crippen molar-refractivity contribution in [3.8, 4) is 0 Å². The molecule has 0 N–H and O–H groups in total. The summed E-state index contributed by atoms with van der Waals surface area (Å²) in [6.45, 7) is 9.30. The highest BCUT2D eigenvalue weighted by molar-refractivity contribution is 7.86. The van der Waals surface area contributed by atoms with Crippen LogP contribution in [0.15, 0.2) is 55.0 Å². The van der Waals surface area contributed by atoms with E-state index >= 15 is 0 Å². The molecular formula is C30H39N3O6S. The van der Waals surface area contributed by atoms with Crippen molar-refractivity contribution < 1.29 is 27.0 Å². The van der Waals surface area contributed by atoms with Crippen LogP contribution < -0.4 is 0 Å². The maximum atomic E-state index is 11.4. The van der Waals surface area contributed by atoms with Crippen molar-refractivity contribution in [3.63, 3.8) is 0 Å². The van der Waals surface area contributed by atoms with Crippen molar-refractivity contribution in [2.75, 3.05) is 12.9 Å². The van der Waals surface area contributed by atoms with Crippen LogP contribution >= 0.6 is 0 Å². The molecule has 0 radical (unpaired) electrons. The van der Waals surface area contributed by atoms with E-state index in [0.717, 1.165) is 31.1 Å². The van der Waals surface area contributed by atoms with Gasteiger partial charge in [0.1, 0.15) is 23.7 Å². The molecule has 0 aliphatic carbocycles. The molecule has 216 valence electrons. The molecule has 3 aromatic rings. The highest BCUT2D eigenvalue weighted by atomic mass is 32.2. The molecule has 9 nitrogen and oxygen atoms in total. The van der Waals surface area contributed by atoms with E-state index in [2.05, 4.69) is 33.0 Å². The van der Waals surface area contributed by atoms with Crippen molar-refractivity contribution >= 4 is 27.5 Å². The van der Waals surface area contributed by atoms with Gasteiger partial charge in [-0.25, -0.2) is 0 Å². The van der Waals surface area contributed by atoms with Gasteiger partial charge in [-0.3, -0.25) is 33.5 Å². The van der Waals surface area contributed by atoms with Crippen LogP contribution in [0.1, 0.15) is 95.6 Å². The number of aryl methyl sites for hydroxylation is 3. The Kier molecular flexibility index (Phi) is 15.4. The van der Waals surface area contributed by atoms with Crippen LogP contribution in [0.4, 0.5) is 0 Å². The molecule has 0 atom stereocenters. The second-order valence-electron chi connectivity index (χ2n) is 8.66. The van der Waals surface area contributed by atoms with E-state index in [4.69, 9.17) is 0 Å². The van der Waals surface area contributed by atoms with Gasteiger partial charge < -0.3 is 0 Å². The van der Waals surface area contributed by atoms with Gasteiger partial charge in [0.15, 0.2) is 11.6 Å². The third-order valence-electron chi connectivity index (χ3n) is 5.60. The molecule has 0 aromatic carbocycles. The summed E-state index contributed by atoms with van der Waals surface area (Å²) in [4.78, 5) is 45.8. The average molecular weight is 570 g/mol. The van der Waals surface area contributed by atoms with Gasteiger partial charge in [0.25, 0.3) is 10.1 Å². The zero-order valence-corrected chi connectivity index (χ0v) is 25.0. The third-order valence-corrected chi connectivity index (χ3v) is 6.15. The average Bonchev–Trinajstić information content (AvgIpc) is 2.99. The zero-order chi connectivity index (χ0) is 30.1.